The van der Waals surface area contributed by atoms with Crippen molar-refractivity contribution in [1.29, 1.82) is 0 Å². The highest BCUT2D eigenvalue weighted by atomic mass is 16.5. The summed E-state index contributed by atoms with van der Waals surface area (Å²) in [6, 6.07) is 12.2. The lowest BCUT2D eigenvalue weighted by atomic mass is 9.92. The number of H-pyrrole nitrogens is 1. The van der Waals surface area contributed by atoms with E-state index in [1.165, 1.54) is 11.1 Å². The average Bonchev–Trinajstić information content (AvgIpc) is 2.53. The maximum atomic E-state index is 11.3. The van der Waals surface area contributed by atoms with Crippen LogP contribution in [0.2, 0.25) is 0 Å². The molecule has 110 valence electrons. The molecule has 2 N–H and O–H groups in total. The molecular weight excluding hydrogens is 264 g/mol. The Bertz CT molecular complexity index is 661. The number of aromatic nitrogens is 1. The molecule has 1 aromatic carbocycles. The summed E-state index contributed by atoms with van der Waals surface area (Å²) in [6.45, 7) is 0.855. The molecule has 4 nitrogen and oxygen atoms in total. The molecule has 0 aliphatic heterocycles. The number of hydrogen-bond donors (Lipinski definition) is 2. The van der Waals surface area contributed by atoms with Gasteiger partial charge < -0.3 is 15.0 Å². The minimum atomic E-state index is -0.00149. The smallest absolute Gasteiger partial charge is 0.248 e. The first-order valence-corrected chi connectivity index (χ1v) is 7.32. The molecule has 0 fully saturated rings. The molecule has 0 unspecified atom stereocenters. The third-order valence-electron chi connectivity index (χ3n) is 4.06. The Hall–Kier alpha value is -2.07. The van der Waals surface area contributed by atoms with Crippen LogP contribution in [0.25, 0.3) is 0 Å². The zero-order valence-electron chi connectivity index (χ0n) is 12.2. The first-order valence-electron chi connectivity index (χ1n) is 7.32. The van der Waals surface area contributed by atoms with Crippen molar-refractivity contribution in [3.8, 4) is 5.75 Å². The Kier molecular flexibility index (Phi) is 4.06. The van der Waals surface area contributed by atoms with E-state index in [0.29, 0.717) is 6.04 Å². The fourth-order valence-corrected chi connectivity index (χ4v) is 2.83. The molecule has 0 spiro atoms. The highest BCUT2D eigenvalue weighted by Gasteiger charge is 2.18. The highest BCUT2D eigenvalue weighted by molar-refractivity contribution is 5.27. The first kappa shape index (κ1) is 13.9. The quantitative estimate of drug-likeness (QED) is 0.903. The molecule has 3 rings (SSSR count). The zero-order valence-corrected chi connectivity index (χ0v) is 12.2. The van der Waals surface area contributed by atoms with Crippen molar-refractivity contribution in [2.75, 3.05) is 7.11 Å². The van der Waals surface area contributed by atoms with E-state index in [4.69, 9.17) is 4.74 Å². The third-order valence-corrected chi connectivity index (χ3v) is 4.06. The molecule has 1 aliphatic carbocycles. The van der Waals surface area contributed by atoms with E-state index >= 15 is 0 Å². The monoisotopic (exact) mass is 284 g/mol. The van der Waals surface area contributed by atoms with Gasteiger partial charge in [0.15, 0.2) is 0 Å². The van der Waals surface area contributed by atoms with Crippen LogP contribution in [0.15, 0.2) is 41.2 Å². The molecule has 4 heteroatoms. The van der Waals surface area contributed by atoms with E-state index in [9.17, 15) is 4.79 Å². The van der Waals surface area contributed by atoms with E-state index in [2.05, 4.69) is 22.4 Å². The van der Waals surface area contributed by atoms with Crippen molar-refractivity contribution in [3.05, 3.63) is 63.6 Å². The fourth-order valence-electron chi connectivity index (χ4n) is 2.83. The Balaban J connectivity index is 1.59. The summed E-state index contributed by atoms with van der Waals surface area (Å²) in [6.07, 6.45) is 2.97. The van der Waals surface area contributed by atoms with E-state index < -0.39 is 0 Å². The molecule has 1 atom stereocenters. The normalized spacial score (nSPS) is 17.3. The van der Waals surface area contributed by atoms with Crippen LogP contribution in [0.1, 0.15) is 23.2 Å². The maximum absolute atomic E-state index is 11.3. The van der Waals surface area contributed by atoms with Gasteiger partial charge in [0.25, 0.3) is 0 Å². The second kappa shape index (κ2) is 6.14. The largest absolute Gasteiger partial charge is 0.497 e. The number of benzene rings is 1. The summed E-state index contributed by atoms with van der Waals surface area (Å²) < 4.78 is 5.16. The summed E-state index contributed by atoms with van der Waals surface area (Å²) in [5.74, 6) is 0.884. The van der Waals surface area contributed by atoms with E-state index in [1.54, 1.807) is 13.2 Å². The van der Waals surface area contributed by atoms with Gasteiger partial charge in [-0.15, -0.1) is 0 Å². The van der Waals surface area contributed by atoms with Gasteiger partial charge in [0.1, 0.15) is 5.75 Å². The van der Waals surface area contributed by atoms with Crippen LogP contribution in [-0.4, -0.2) is 18.1 Å². The van der Waals surface area contributed by atoms with Gasteiger partial charge in [-0.25, -0.2) is 0 Å². The topological polar surface area (TPSA) is 54.1 Å². The van der Waals surface area contributed by atoms with Crippen molar-refractivity contribution in [3.63, 3.8) is 0 Å². The SMILES string of the molecule is COc1ccc(CN[C@@H]2CCc3[nH]c(=O)ccc3C2)cc1. The molecule has 1 heterocycles. The van der Waals surface area contributed by atoms with Gasteiger partial charge in [-0.3, -0.25) is 4.79 Å². The van der Waals surface area contributed by atoms with Gasteiger partial charge in [-0.05, 0) is 42.5 Å². The predicted octanol–water partition coefficient (Wildman–Crippen LogP) is 2.03. The summed E-state index contributed by atoms with van der Waals surface area (Å²) in [4.78, 5) is 14.2. The van der Waals surface area contributed by atoms with Crippen molar-refractivity contribution in [1.82, 2.24) is 10.3 Å². The number of ether oxygens (including phenoxy) is 1. The Labute approximate surface area is 124 Å². The minimum Gasteiger partial charge on any atom is -0.497 e. The lowest BCUT2D eigenvalue weighted by molar-refractivity contribution is 0.414. The summed E-state index contributed by atoms with van der Waals surface area (Å²) >= 11 is 0. The molecule has 0 amide bonds. The molecule has 21 heavy (non-hydrogen) atoms. The van der Waals surface area contributed by atoms with Crippen molar-refractivity contribution in [2.24, 2.45) is 0 Å². The third kappa shape index (κ3) is 3.34. The Morgan fingerprint density at radius 1 is 1.24 bits per heavy atom. The van der Waals surface area contributed by atoms with Gasteiger partial charge in [-0.1, -0.05) is 18.2 Å². The van der Waals surface area contributed by atoms with E-state index in [-0.39, 0.29) is 5.56 Å². The van der Waals surface area contributed by atoms with Crippen LogP contribution in [0.4, 0.5) is 0 Å². The van der Waals surface area contributed by atoms with Crippen molar-refractivity contribution >= 4 is 0 Å². The number of nitrogens with one attached hydrogen (secondary N) is 2. The van der Waals surface area contributed by atoms with Gasteiger partial charge >= 0.3 is 0 Å². The molecule has 2 aromatic rings. The van der Waals surface area contributed by atoms with Crippen LogP contribution in [0.3, 0.4) is 0 Å². The van der Waals surface area contributed by atoms with Gasteiger partial charge in [0, 0.05) is 24.3 Å². The zero-order chi connectivity index (χ0) is 14.7. The standard InChI is InChI=1S/C17H20N2O2/c1-21-15-6-2-12(3-7-15)11-18-14-5-8-16-13(10-14)4-9-17(20)19-16/h2-4,6-7,9,14,18H,5,8,10-11H2,1H3,(H,19,20)/t14-/m1/s1. The molecular formula is C17H20N2O2. The Morgan fingerprint density at radius 3 is 2.81 bits per heavy atom. The van der Waals surface area contributed by atoms with Crippen LogP contribution in [0.5, 0.6) is 5.75 Å². The second-order valence-electron chi connectivity index (χ2n) is 5.50. The Morgan fingerprint density at radius 2 is 2.05 bits per heavy atom. The number of methoxy groups -OCH3 is 1. The van der Waals surface area contributed by atoms with Crippen LogP contribution < -0.4 is 15.6 Å². The lowest BCUT2D eigenvalue weighted by Crippen LogP contribution is -2.35. The number of pyridine rings is 1. The molecule has 0 radical (unpaired) electrons. The van der Waals surface area contributed by atoms with E-state index in [1.807, 2.05) is 18.2 Å². The maximum Gasteiger partial charge on any atom is 0.248 e. The highest BCUT2D eigenvalue weighted by Crippen LogP contribution is 2.19. The molecule has 0 saturated carbocycles. The fraction of sp³-hybridized carbons (Fsp3) is 0.353. The number of aromatic amines is 1. The van der Waals surface area contributed by atoms with Crippen LogP contribution >= 0.6 is 0 Å². The molecule has 1 aliphatic rings. The van der Waals surface area contributed by atoms with Gasteiger partial charge in [-0.2, -0.15) is 0 Å². The molecule has 1 aromatic heterocycles. The minimum absolute atomic E-state index is 0.00149. The summed E-state index contributed by atoms with van der Waals surface area (Å²) in [5.41, 5.74) is 3.61. The number of aryl methyl sites for hydroxylation is 1. The first-order chi connectivity index (χ1) is 10.2. The lowest BCUT2D eigenvalue weighted by Gasteiger charge is -2.25. The molecule has 0 saturated heterocycles. The number of fused-ring (bicyclic) bond motifs is 1. The number of hydrogen-bond acceptors (Lipinski definition) is 3. The summed E-state index contributed by atoms with van der Waals surface area (Å²) in [5, 5.41) is 3.60. The van der Waals surface area contributed by atoms with Crippen LogP contribution in [0, 0.1) is 0 Å². The second-order valence-corrected chi connectivity index (χ2v) is 5.50. The van der Waals surface area contributed by atoms with E-state index in [0.717, 1.165) is 37.3 Å². The molecule has 0 bridgehead atoms. The van der Waals surface area contributed by atoms with Gasteiger partial charge in [0.2, 0.25) is 5.56 Å². The average molecular weight is 284 g/mol. The van der Waals surface area contributed by atoms with Crippen molar-refractivity contribution < 1.29 is 4.74 Å². The summed E-state index contributed by atoms with van der Waals surface area (Å²) in [7, 11) is 1.68. The van der Waals surface area contributed by atoms with Gasteiger partial charge in [0.05, 0.1) is 7.11 Å². The number of rotatable bonds is 4. The van der Waals surface area contributed by atoms with Crippen LogP contribution in [-0.2, 0) is 19.4 Å². The predicted molar refractivity (Wildman–Crippen MR) is 82.7 cm³/mol. The van der Waals surface area contributed by atoms with Crippen molar-refractivity contribution in [2.45, 2.75) is 31.8 Å².